The molecule has 5 rings (SSSR count). The second-order valence-corrected chi connectivity index (χ2v) is 9.59. The number of nitrogens with zero attached hydrogens (tertiary/aromatic N) is 3. The molecule has 37 heavy (non-hydrogen) atoms. The second kappa shape index (κ2) is 10.9. The highest BCUT2D eigenvalue weighted by atomic mass is 16.5. The van der Waals surface area contributed by atoms with E-state index in [9.17, 15) is 9.59 Å². The number of ether oxygens (including phenoxy) is 1. The fourth-order valence-electron chi connectivity index (χ4n) is 4.95. The van der Waals surface area contributed by atoms with Crippen molar-refractivity contribution >= 4 is 22.8 Å². The number of fused-ring (bicyclic) bond motifs is 1. The first kappa shape index (κ1) is 24.6. The van der Waals surface area contributed by atoms with Crippen LogP contribution in [0.4, 0.5) is 5.82 Å². The first-order valence-electron chi connectivity index (χ1n) is 12.7. The highest BCUT2D eigenvalue weighted by Gasteiger charge is 2.27. The van der Waals surface area contributed by atoms with Crippen LogP contribution < -0.4 is 20.5 Å². The van der Waals surface area contributed by atoms with E-state index in [0.717, 1.165) is 27.9 Å². The normalized spacial score (nSPS) is 14.1. The molecule has 0 unspecified atom stereocenters. The molecule has 0 spiro atoms. The molecular formula is C30H32N4O3. The van der Waals surface area contributed by atoms with E-state index in [-0.39, 0.29) is 17.4 Å². The first-order chi connectivity index (χ1) is 18.0. The van der Waals surface area contributed by atoms with Crippen LogP contribution in [0.15, 0.2) is 77.6 Å². The van der Waals surface area contributed by atoms with Crippen molar-refractivity contribution in [2.24, 2.45) is 5.92 Å². The molecule has 1 fully saturated rings. The lowest BCUT2D eigenvalue weighted by atomic mass is 9.96. The highest BCUT2D eigenvalue weighted by molar-refractivity contribution is 5.79. The minimum Gasteiger partial charge on any atom is -0.496 e. The van der Waals surface area contributed by atoms with Gasteiger partial charge in [0.2, 0.25) is 5.91 Å². The van der Waals surface area contributed by atoms with Crippen molar-refractivity contribution in [2.75, 3.05) is 25.1 Å². The molecule has 0 radical (unpaired) electrons. The Labute approximate surface area is 216 Å². The summed E-state index contributed by atoms with van der Waals surface area (Å²) in [5.74, 6) is 1.16. The average Bonchev–Trinajstić information content (AvgIpc) is 2.94. The minimum atomic E-state index is -0.0988. The van der Waals surface area contributed by atoms with Crippen molar-refractivity contribution < 1.29 is 9.53 Å². The molecule has 1 aliphatic rings. The summed E-state index contributed by atoms with van der Waals surface area (Å²) in [4.78, 5) is 33.3. The van der Waals surface area contributed by atoms with Crippen LogP contribution in [0, 0.1) is 12.8 Å². The molecule has 1 amide bonds. The maximum atomic E-state index is 13.7. The number of aryl methyl sites for hydroxylation is 1. The van der Waals surface area contributed by atoms with Crippen LogP contribution in [0.1, 0.15) is 29.5 Å². The van der Waals surface area contributed by atoms with Gasteiger partial charge in [0.1, 0.15) is 5.75 Å². The van der Waals surface area contributed by atoms with E-state index in [0.29, 0.717) is 44.8 Å². The number of hydrogen-bond acceptors (Lipinski definition) is 5. The molecule has 3 aromatic carbocycles. The van der Waals surface area contributed by atoms with E-state index in [1.54, 1.807) is 7.11 Å². The monoisotopic (exact) mass is 496 g/mol. The van der Waals surface area contributed by atoms with Gasteiger partial charge in [0.15, 0.2) is 5.82 Å². The molecule has 1 saturated heterocycles. The van der Waals surface area contributed by atoms with Gasteiger partial charge in [0, 0.05) is 31.1 Å². The van der Waals surface area contributed by atoms with Gasteiger partial charge >= 0.3 is 0 Å². The summed E-state index contributed by atoms with van der Waals surface area (Å²) in [6.07, 6.45) is 1.34. The Kier molecular flexibility index (Phi) is 7.21. The van der Waals surface area contributed by atoms with E-state index in [2.05, 4.69) is 36.5 Å². The molecule has 7 nitrogen and oxygen atoms in total. The maximum absolute atomic E-state index is 13.7. The van der Waals surface area contributed by atoms with Gasteiger partial charge in [-0.3, -0.25) is 14.2 Å². The molecular weight excluding hydrogens is 464 g/mol. The Morgan fingerprint density at radius 3 is 2.46 bits per heavy atom. The molecule has 1 N–H and O–H groups in total. The Morgan fingerprint density at radius 1 is 1.00 bits per heavy atom. The molecule has 2 heterocycles. The third-order valence-corrected chi connectivity index (χ3v) is 7.11. The Balaban J connectivity index is 1.31. The molecule has 0 aliphatic carbocycles. The van der Waals surface area contributed by atoms with Crippen LogP contribution in [0.5, 0.6) is 5.75 Å². The zero-order chi connectivity index (χ0) is 25.8. The number of nitrogens with one attached hydrogen (secondary N) is 1. The first-order valence-corrected chi connectivity index (χ1v) is 12.7. The summed E-state index contributed by atoms with van der Waals surface area (Å²) in [5, 5.41) is 3.05. The van der Waals surface area contributed by atoms with Gasteiger partial charge in [-0.2, -0.15) is 0 Å². The number of anilines is 1. The predicted octanol–water partition coefficient (Wildman–Crippen LogP) is 4.29. The quantitative estimate of drug-likeness (QED) is 0.413. The summed E-state index contributed by atoms with van der Waals surface area (Å²) in [5.41, 5.74) is 4.72. The molecule has 4 aromatic rings. The number of benzene rings is 3. The number of aromatic nitrogens is 2. The number of methoxy groups -OCH3 is 1. The third kappa shape index (κ3) is 5.35. The van der Waals surface area contributed by atoms with Crippen LogP contribution in [0.2, 0.25) is 0 Å². The van der Waals surface area contributed by atoms with Crippen LogP contribution >= 0.6 is 0 Å². The van der Waals surface area contributed by atoms with Crippen molar-refractivity contribution in [3.63, 3.8) is 0 Å². The van der Waals surface area contributed by atoms with Crippen LogP contribution in [0.3, 0.4) is 0 Å². The molecule has 190 valence electrons. The number of carbonyl (C=O) groups excluding carboxylic acids is 1. The molecule has 7 heteroatoms. The Bertz CT molecular complexity index is 1450. The largest absolute Gasteiger partial charge is 0.496 e. The lowest BCUT2D eigenvalue weighted by molar-refractivity contribution is -0.125. The number of hydrogen-bond donors (Lipinski definition) is 1. The van der Waals surface area contributed by atoms with Gasteiger partial charge in [0.25, 0.3) is 5.56 Å². The lowest BCUT2D eigenvalue weighted by Crippen LogP contribution is -2.43. The Morgan fingerprint density at radius 2 is 1.70 bits per heavy atom. The summed E-state index contributed by atoms with van der Waals surface area (Å²) in [6.45, 7) is 4.18. The van der Waals surface area contributed by atoms with Crippen molar-refractivity contribution in [1.82, 2.24) is 14.9 Å². The molecule has 1 aliphatic heterocycles. The van der Waals surface area contributed by atoms with Crippen molar-refractivity contribution in [3.8, 4) is 5.75 Å². The molecule has 1 aromatic heterocycles. The minimum absolute atomic E-state index is 0.0359. The van der Waals surface area contributed by atoms with E-state index >= 15 is 0 Å². The van der Waals surface area contributed by atoms with Crippen molar-refractivity contribution in [1.29, 1.82) is 0 Å². The SMILES string of the molecule is COc1ccccc1CNC(=O)C1CCN(c2nc3ccccc3n(Cc3ccc(C)cc3)c2=O)CC1. The van der Waals surface area contributed by atoms with Crippen molar-refractivity contribution in [2.45, 2.75) is 32.9 Å². The van der Waals surface area contributed by atoms with Gasteiger partial charge in [0.05, 0.1) is 24.7 Å². The smallest absolute Gasteiger partial charge is 0.294 e. The summed E-state index contributed by atoms with van der Waals surface area (Å²) in [7, 11) is 1.63. The average molecular weight is 497 g/mol. The topological polar surface area (TPSA) is 76.5 Å². The fraction of sp³-hybridized carbons (Fsp3) is 0.300. The molecule has 0 bridgehead atoms. The highest BCUT2D eigenvalue weighted by Crippen LogP contribution is 2.23. The van der Waals surface area contributed by atoms with Gasteiger partial charge in [-0.1, -0.05) is 60.2 Å². The number of para-hydroxylation sites is 3. The number of rotatable bonds is 7. The predicted molar refractivity (Wildman–Crippen MR) is 146 cm³/mol. The van der Waals surface area contributed by atoms with E-state index in [1.165, 1.54) is 5.56 Å². The second-order valence-electron chi connectivity index (χ2n) is 9.59. The van der Waals surface area contributed by atoms with Crippen LogP contribution in [-0.2, 0) is 17.9 Å². The van der Waals surface area contributed by atoms with Gasteiger partial charge in [-0.25, -0.2) is 4.98 Å². The summed E-state index contributed by atoms with van der Waals surface area (Å²) >= 11 is 0. The van der Waals surface area contributed by atoms with Crippen molar-refractivity contribution in [3.05, 3.63) is 99.8 Å². The van der Waals surface area contributed by atoms with Crippen LogP contribution in [0.25, 0.3) is 11.0 Å². The number of piperidine rings is 1. The van der Waals surface area contributed by atoms with Crippen LogP contribution in [-0.4, -0.2) is 35.7 Å². The maximum Gasteiger partial charge on any atom is 0.294 e. The van der Waals surface area contributed by atoms with Gasteiger partial charge < -0.3 is 15.0 Å². The van der Waals surface area contributed by atoms with E-state index < -0.39 is 0 Å². The molecule has 0 atom stereocenters. The van der Waals surface area contributed by atoms with E-state index in [4.69, 9.17) is 9.72 Å². The standard InChI is InChI=1S/C30H32N4O3/c1-21-11-13-22(14-12-21)20-34-26-9-5-4-8-25(26)32-28(30(34)36)33-17-15-23(16-18-33)29(35)31-19-24-7-3-6-10-27(24)37-2/h3-14,23H,15-20H2,1-2H3,(H,31,35). The number of carbonyl (C=O) groups is 1. The third-order valence-electron chi connectivity index (χ3n) is 7.11. The Hall–Kier alpha value is -4.13. The zero-order valence-electron chi connectivity index (χ0n) is 21.3. The lowest BCUT2D eigenvalue weighted by Gasteiger charge is -2.32. The number of amides is 1. The zero-order valence-corrected chi connectivity index (χ0v) is 21.3. The van der Waals surface area contributed by atoms with Gasteiger partial charge in [-0.05, 0) is 43.5 Å². The summed E-state index contributed by atoms with van der Waals surface area (Å²) in [6, 6.07) is 23.7. The summed E-state index contributed by atoms with van der Waals surface area (Å²) < 4.78 is 7.20. The van der Waals surface area contributed by atoms with E-state index in [1.807, 2.05) is 58.0 Å². The fourth-order valence-corrected chi connectivity index (χ4v) is 4.95. The molecule has 0 saturated carbocycles. The van der Waals surface area contributed by atoms with Gasteiger partial charge in [-0.15, -0.1) is 0 Å².